The fourth-order valence-corrected chi connectivity index (χ4v) is 0.770. The van der Waals surface area contributed by atoms with Crippen molar-refractivity contribution in [2.24, 2.45) is 0 Å². The van der Waals surface area contributed by atoms with Gasteiger partial charge >= 0.3 is 6.18 Å². The summed E-state index contributed by atoms with van der Waals surface area (Å²) in [5.74, 6) is 0. The highest BCUT2D eigenvalue weighted by Crippen LogP contribution is 2.20. The Bertz CT molecular complexity index is 106. The maximum absolute atomic E-state index is 11.8. The molecule has 1 atom stereocenters. The van der Waals surface area contributed by atoms with Crippen LogP contribution in [0.15, 0.2) is 0 Å². The summed E-state index contributed by atoms with van der Waals surface area (Å²) in [7, 11) is 0. The van der Waals surface area contributed by atoms with Crippen molar-refractivity contribution in [3.05, 3.63) is 6.54 Å². The summed E-state index contributed by atoms with van der Waals surface area (Å²) in [6.45, 7) is 1.83. The van der Waals surface area contributed by atoms with Gasteiger partial charge in [-0.05, 0) is 0 Å². The third-order valence-electron chi connectivity index (χ3n) is 1.31. The molecule has 0 bridgehead atoms. The Morgan fingerprint density at radius 2 is 2.10 bits per heavy atom. The minimum atomic E-state index is -4.14. The molecule has 2 nitrogen and oxygen atoms in total. The van der Waals surface area contributed by atoms with E-state index in [2.05, 4.69) is 10.6 Å². The quantitative estimate of drug-likeness (QED) is 0.522. The van der Waals surface area contributed by atoms with E-state index < -0.39 is 12.2 Å². The molecule has 1 rings (SSSR count). The molecule has 1 radical (unpaired) electrons. The Hall–Kier alpha value is -0.290. The van der Waals surface area contributed by atoms with Crippen LogP contribution in [0.2, 0.25) is 0 Å². The lowest BCUT2D eigenvalue weighted by atomic mass is 10.2. The number of rotatable bonds is 0. The SMILES string of the molecule is FC(F)(F)C1CNC[CH]N1. The van der Waals surface area contributed by atoms with Gasteiger partial charge in [-0.1, -0.05) is 0 Å². The molecule has 1 fully saturated rings. The fourth-order valence-electron chi connectivity index (χ4n) is 0.770. The van der Waals surface area contributed by atoms with E-state index in [1.807, 2.05) is 0 Å². The molecule has 0 aromatic heterocycles. The standard InChI is InChI=1S/C5H8F3N2/c6-5(7,8)4-3-9-1-2-10-4/h2,4,9-10H,1,3H2. The van der Waals surface area contributed by atoms with Gasteiger partial charge < -0.3 is 5.32 Å². The van der Waals surface area contributed by atoms with E-state index in [0.717, 1.165) is 0 Å². The van der Waals surface area contributed by atoms with Gasteiger partial charge in [0.1, 0.15) is 6.04 Å². The zero-order valence-corrected chi connectivity index (χ0v) is 5.20. The lowest BCUT2D eigenvalue weighted by Crippen LogP contribution is -2.53. The van der Waals surface area contributed by atoms with Crippen molar-refractivity contribution >= 4 is 0 Å². The third-order valence-corrected chi connectivity index (χ3v) is 1.31. The summed E-state index contributed by atoms with van der Waals surface area (Å²) >= 11 is 0. The van der Waals surface area contributed by atoms with Crippen LogP contribution in [0, 0.1) is 6.54 Å². The van der Waals surface area contributed by atoms with Gasteiger partial charge in [0, 0.05) is 19.6 Å². The highest BCUT2D eigenvalue weighted by molar-refractivity contribution is 4.86. The molecular weight excluding hydrogens is 145 g/mol. The maximum Gasteiger partial charge on any atom is 0.405 e. The molecular formula is C5H8F3N2. The van der Waals surface area contributed by atoms with Crippen molar-refractivity contribution in [3.8, 4) is 0 Å². The van der Waals surface area contributed by atoms with Crippen LogP contribution in [0.4, 0.5) is 13.2 Å². The minimum Gasteiger partial charge on any atom is -0.313 e. The molecule has 0 aliphatic carbocycles. The summed E-state index contributed by atoms with van der Waals surface area (Å²) in [5, 5.41) is 4.85. The van der Waals surface area contributed by atoms with Crippen LogP contribution >= 0.6 is 0 Å². The Kier molecular flexibility index (Phi) is 2.15. The molecule has 1 unspecified atom stereocenters. The number of hydrogen-bond donors (Lipinski definition) is 2. The topological polar surface area (TPSA) is 24.1 Å². The van der Waals surface area contributed by atoms with Gasteiger partial charge in [0.15, 0.2) is 0 Å². The number of halogens is 3. The first kappa shape index (κ1) is 7.81. The Labute approximate surface area is 56.8 Å². The minimum absolute atomic E-state index is 0.0417. The van der Waals surface area contributed by atoms with Crippen LogP contribution < -0.4 is 10.6 Å². The largest absolute Gasteiger partial charge is 0.405 e. The van der Waals surface area contributed by atoms with Crippen LogP contribution in [-0.4, -0.2) is 25.3 Å². The molecule has 2 N–H and O–H groups in total. The fraction of sp³-hybridized carbons (Fsp3) is 0.800. The zero-order chi connectivity index (χ0) is 7.61. The van der Waals surface area contributed by atoms with Gasteiger partial charge in [-0.25, -0.2) is 0 Å². The van der Waals surface area contributed by atoms with Gasteiger partial charge in [0.2, 0.25) is 0 Å². The van der Waals surface area contributed by atoms with Crippen molar-refractivity contribution < 1.29 is 13.2 Å². The lowest BCUT2D eigenvalue weighted by molar-refractivity contribution is -0.155. The second-order valence-electron chi connectivity index (χ2n) is 2.12. The summed E-state index contributed by atoms with van der Waals surface area (Å²) in [5.41, 5.74) is 0. The van der Waals surface area contributed by atoms with Gasteiger partial charge in [-0.15, -0.1) is 0 Å². The predicted molar refractivity (Wildman–Crippen MR) is 30.1 cm³/mol. The molecule has 1 heterocycles. The monoisotopic (exact) mass is 153 g/mol. The molecule has 59 valence electrons. The number of nitrogens with one attached hydrogen (secondary N) is 2. The zero-order valence-electron chi connectivity index (χ0n) is 5.20. The van der Waals surface area contributed by atoms with Gasteiger partial charge in [0.05, 0.1) is 0 Å². The van der Waals surface area contributed by atoms with Crippen LogP contribution in [0.25, 0.3) is 0 Å². The second-order valence-corrected chi connectivity index (χ2v) is 2.12. The third kappa shape index (κ3) is 1.85. The van der Waals surface area contributed by atoms with E-state index in [-0.39, 0.29) is 6.54 Å². The number of alkyl halides is 3. The summed E-state index contributed by atoms with van der Waals surface area (Å²) < 4.78 is 35.5. The molecule has 0 saturated carbocycles. The molecule has 0 amide bonds. The van der Waals surface area contributed by atoms with E-state index in [0.29, 0.717) is 6.54 Å². The first-order chi connectivity index (χ1) is 4.61. The van der Waals surface area contributed by atoms with Crippen molar-refractivity contribution in [2.75, 3.05) is 13.1 Å². The first-order valence-electron chi connectivity index (χ1n) is 2.96. The summed E-state index contributed by atoms with van der Waals surface area (Å²) in [4.78, 5) is 0. The number of hydrogen-bond acceptors (Lipinski definition) is 2. The van der Waals surface area contributed by atoms with Crippen LogP contribution in [-0.2, 0) is 0 Å². The van der Waals surface area contributed by atoms with E-state index in [4.69, 9.17) is 0 Å². The van der Waals surface area contributed by atoms with Crippen molar-refractivity contribution in [2.45, 2.75) is 12.2 Å². The van der Waals surface area contributed by atoms with E-state index in [1.165, 1.54) is 6.54 Å². The molecule has 1 aliphatic rings. The molecule has 1 aliphatic heterocycles. The smallest absolute Gasteiger partial charge is 0.313 e. The van der Waals surface area contributed by atoms with Crippen LogP contribution in [0.3, 0.4) is 0 Å². The molecule has 0 aromatic rings. The van der Waals surface area contributed by atoms with E-state index in [9.17, 15) is 13.2 Å². The second kappa shape index (κ2) is 2.75. The summed E-state index contributed by atoms with van der Waals surface area (Å²) in [6, 6.07) is -1.42. The maximum atomic E-state index is 11.8. The molecule has 10 heavy (non-hydrogen) atoms. The average Bonchev–Trinajstić information content (AvgIpc) is 1.88. The van der Waals surface area contributed by atoms with Crippen molar-refractivity contribution in [1.29, 1.82) is 0 Å². The molecule has 1 saturated heterocycles. The number of piperazine rings is 1. The normalized spacial score (nSPS) is 28.5. The lowest BCUT2D eigenvalue weighted by Gasteiger charge is -2.25. The molecule has 0 aromatic carbocycles. The predicted octanol–water partition coefficient (Wildman–Crippen LogP) is 0.272. The Balaban J connectivity index is 2.39. The summed E-state index contributed by atoms with van der Waals surface area (Å²) in [6.07, 6.45) is -4.14. The highest BCUT2D eigenvalue weighted by atomic mass is 19.4. The van der Waals surface area contributed by atoms with Crippen LogP contribution in [0.1, 0.15) is 0 Å². The van der Waals surface area contributed by atoms with E-state index >= 15 is 0 Å². The van der Waals surface area contributed by atoms with Gasteiger partial charge in [0.25, 0.3) is 0 Å². The van der Waals surface area contributed by atoms with Crippen LogP contribution in [0.5, 0.6) is 0 Å². The highest BCUT2D eigenvalue weighted by Gasteiger charge is 2.39. The average molecular weight is 153 g/mol. The van der Waals surface area contributed by atoms with Gasteiger partial charge in [-0.2, -0.15) is 13.2 Å². The van der Waals surface area contributed by atoms with Gasteiger partial charge in [-0.3, -0.25) is 5.32 Å². The van der Waals surface area contributed by atoms with Crippen molar-refractivity contribution in [1.82, 2.24) is 10.6 Å². The molecule has 5 heteroatoms. The van der Waals surface area contributed by atoms with E-state index in [1.54, 1.807) is 0 Å². The first-order valence-corrected chi connectivity index (χ1v) is 2.96. The Morgan fingerprint density at radius 1 is 1.40 bits per heavy atom. The van der Waals surface area contributed by atoms with Crippen molar-refractivity contribution in [3.63, 3.8) is 0 Å². The Morgan fingerprint density at radius 3 is 2.40 bits per heavy atom. The molecule has 0 spiro atoms.